The first-order valence-electron chi connectivity index (χ1n) is 4.82. The van der Waals surface area contributed by atoms with Crippen molar-refractivity contribution in [3.05, 3.63) is 0 Å². The molecule has 0 saturated heterocycles. The molecule has 78 valence electrons. The van der Waals surface area contributed by atoms with E-state index in [9.17, 15) is 4.79 Å². The van der Waals surface area contributed by atoms with Gasteiger partial charge in [-0.15, -0.1) is 0 Å². The monoisotopic (exact) mass is 188 g/mol. The molecule has 0 aliphatic carbocycles. The Labute approximate surface area is 80.1 Å². The Morgan fingerprint density at radius 1 is 1.46 bits per heavy atom. The van der Waals surface area contributed by atoms with E-state index in [0.717, 1.165) is 19.3 Å². The molecule has 0 amide bonds. The Morgan fingerprint density at radius 3 is 2.54 bits per heavy atom. The molecular formula is C10H20O3. The van der Waals surface area contributed by atoms with E-state index in [0.29, 0.717) is 0 Å². The van der Waals surface area contributed by atoms with E-state index < -0.39 is 5.41 Å². The summed E-state index contributed by atoms with van der Waals surface area (Å²) in [6.45, 7) is 5.85. The van der Waals surface area contributed by atoms with Gasteiger partial charge in [-0.3, -0.25) is 4.79 Å². The quantitative estimate of drug-likeness (QED) is 0.646. The summed E-state index contributed by atoms with van der Waals surface area (Å²) in [5, 5.41) is 8.48. The Balaban J connectivity index is 3.87. The molecule has 13 heavy (non-hydrogen) atoms. The topological polar surface area (TPSA) is 46.5 Å². The maximum absolute atomic E-state index is 11.4. The lowest BCUT2D eigenvalue weighted by Crippen LogP contribution is -2.27. The zero-order chi connectivity index (χ0) is 10.3. The Morgan fingerprint density at radius 2 is 2.08 bits per heavy atom. The number of aliphatic hydroxyl groups excluding tert-OH is 1. The summed E-state index contributed by atoms with van der Waals surface area (Å²) >= 11 is 0. The smallest absolute Gasteiger partial charge is 0.311 e. The highest BCUT2D eigenvalue weighted by Crippen LogP contribution is 2.24. The molecular weight excluding hydrogens is 168 g/mol. The third kappa shape index (κ3) is 4.88. The van der Waals surface area contributed by atoms with E-state index >= 15 is 0 Å². The van der Waals surface area contributed by atoms with Crippen LogP contribution < -0.4 is 0 Å². The summed E-state index contributed by atoms with van der Waals surface area (Å²) < 4.78 is 4.86. The van der Waals surface area contributed by atoms with E-state index in [-0.39, 0.29) is 19.2 Å². The lowest BCUT2D eigenvalue weighted by atomic mass is 9.87. The third-order valence-corrected chi connectivity index (χ3v) is 2.03. The fourth-order valence-electron chi connectivity index (χ4n) is 1.05. The second-order valence-electron chi connectivity index (χ2n) is 3.85. The van der Waals surface area contributed by atoms with Crippen LogP contribution in [0, 0.1) is 5.41 Å². The molecule has 0 radical (unpaired) electrons. The van der Waals surface area contributed by atoms with Gasteiger partial charge in [0.25, 0.3) is 0 Å². The number of hydrogen-bond acceptors (Lipinski definition) is 3. The van der Waals surface area contributed by atoms with Gasteiger partial charge in [0, 0.05) is 0 Å². The van der Waals surface area contributed by atoms with Crippen molar-refractivity contribution in [3.63, 3.8) is 0 Å². The van der Waals surface area contributed by atoms with Crippen LogP contribution in [0.5, 0.6) is 0 Å². The van der Waals surface area contributed by atoms with Gasteiger partial charge in [0.05, 0.1) is 12.0 Å². The highest BCUT2D eigenvalue weighted by atomic mass is 16.5. The number of hydrogen-bond donors (Lipinski definition) is 1. The van der Waals surface area contributed by atoms with E-state index in [4.69, 9.17) is 9.84 Å². The van der Waals surface area contributed by atoms with Crippen LogP contribution in [-0.4, -0.2) is 24.3 Å². The van der Waals surface area contributed by atoms with Gasteiger partial charge in [0.2, 0.25) is 0 Å². The van der Waals surface area contributed by atoms with Gasteiger partial charge in [-0.25, -0.2) is 0 Å². The number of ether oxygens (including phenoxy) is 1. The van der Waals surface area contributed by atoms with Crippen LogP contribution in [0.25, 0.3) is 0 Å². The fraction of sp³-hybridized carbons (Fsp3) is 0.900. The lowest BCUT2D eigenvalue weighted by molar-refractivity contribution is -0.155. The van der Waals surface area contributed by atoms with Crippen molar-refractivity contribution in [2.45, 2.75) is 40.0 Å². The van der Waals surface area contributed by atoms with Crippen LogP contribution in [-0.2, 0) is 9.53 Å². The molecule has 0 atom stereocenters. The van der Waals surface area contributed by atoms with Crippen molar-refractivity contribution in [2.75, 3.05) is 13.2 Å². The number of carbonyl (C=O) groups excluding carboxylic acids is 1. The van der Waals surface area contributed by atoms with Crippen molar-refractivity contribution < 1.29 is 14.6 Å². The molecule has 0 aromatic heterocycles. The molecule has 0 spiro atoms. The molecule has 0 rings (SSSR count). The number of esters is 1. The van der Waals surface area contributed by atoms with E-state index in [1.807, 2.05) is 13.8 Å². The van der Waals surface area contributed by atoms with Crippen LogP contribution in [0.15, 0.2) is 0 Å². The average molecular weight is 188 g/mol. The van der Waals surface area contributed by atoms with Gasteiger partial charge < -0.3 is 9.84 Å². The van der Waals surface area contributed by atoms with Crippen LogP contribution in [0.2, 0.25) is 0 Å². The van der Waals surface area contributed by atoms with Crippen LogP contribution >= 0.6 is 0 Å². The SMILES string of the molecule is CCCCC(C)(C)C(=O)OCCO. The predicted octanol–water partition coefficient (Wildman–Crippen LogP) is 1.74. The minimum absolute atomic E-state index is 0.102. The minimum Gasteiger partial charge on any atom is -0.463 e. The normalized spacial score (nSPS) is 11.4. The molecule has 0 heterocycles. The molecule has 0 bridgehead atoms. The molecule has 0 aliphatic heterocycles. The zero-order valence-electron chi connectivity index (χ0n) is 8.80. The van der Waals surface area contributed by atoms with Crippen molar-refractivity contribution >= 4 is 5.97 Å². The highest BCUT2D eigenvalue weighted by molar-refractivity contribution is 5.75. The molecule has 0 aliphatic rings. The molecule has 0 unspecified atom stereocenters. The van der Waals surface area contributed by atoms with Crippen molar-refractivity contribution in [1.82, 2.24) is 0 Å². The molecule has 0 saturated carbocycles. The molecule has 1 N–H and O–H groups in total. The fourth-order valence-corrected chi connectivity index (χ4v) is 1.05. The number of unbranched alkanes of at least 4 members (excludes halogenated alkanes) is 1. The Kier molecular flexibility index (Phi) is 5.71. The molecule has 0 aromatic carbocycles. The standard InChI is InChI=1S/C10H20O3/c1-4-5-6-10(2,3)9(12)13-8-7-11/h11H,4-8H2,1-3H3. The average Bonchev–Trinajstić information content (AvgIpc) is 2.10. The van der Waals surface area contributed by atoms with Gasteiger partial charge >= 0.3 is 5.97 Å². The largest absolute Gasteiger partial charge is 0.463 e. The van der Waals surface area contributed by atoms with Gasteiger partial charge in [0.15, 0.2) is 0 Å². The van der Waals surface area contributed by atoms with Gasteiger partial charge in [-0.2, -0.15) is 0 Å². The Hall–Kier alpha value is -0.570. The number of carbonyl (C=O) groups is 1. The maximum Gasteiger partial charge on any atom is 0.311 e. The summed E-state index contributed by atoms with van der Waals surface area (Å²) in [6, 6.07) is 0. The zero-order valence-corrected chi connectivity index (χ0v) is 8.80. The van der Waals surface area contributed by atoms with Gasteiger partial charge in [0.1, 0.15) is 6.61 Å². The summed E-state index contributed by atoms with van der Waals surface area (Å²) in [7, 11) is 0. The van der Waals surface area contributed by atoms with Crippen molar-refractivity contribution in [1.29, 1.82) is 0 Å². The lowest BCUT2D eigenvalue weighted by Gasteiger charge is -2.21. The second kappa shape index (κ2) is 5.97. The summed E-state index contributed by atoms with van der Waals surface area (Å²) in [4.78, 5) is 11.4. The van der Waals surface area contributed by atoms with Gasteiger partial charge in [-0.05, 0) is 20.3 Å². The number of aliphatic hydroxyl groups is 1. The van der Waals surface area contributed by atoms with Crippen LogP contribution in [0.3, 0.4) is 0 Å². The van der Waals surface area contributed by atoms with Crippen LogP contribution in [0.4, 0.5) is 0 Å². The van der Waals surface area contributed by atoms with Gasteiger partial charge in [-0.1, -0.05) is 19.8 Å². The van der Waals surface area contributed by atoms with E-state index in [2.05, 4.69) is 6.92 Å². The molecule has 3 heteroatoms. The summed E-state index contributed by atoms with van der Waals surface area (Å²) in [6.07, 6.45) is 2.95. The molecule has 3 nitrogen and oxygen atoms in total. The van der Waals surface area contributed by atoms with Crippen LogP contribution in [0.1, 0.15) is 40.0 Å². The maximum atomic E-state index is 11.4. The van der Waals surface area contributed by atoms with Crippen molar-refractivity contribution in [3.8, 4) is 0 Å². The third-order valence-electron chi connectivity index (χ3n) is 2.03. The van der Waals surface area contributed by atoms with E-state index in [1.165, 1.54) is 0 Å². The predicted molar refractivity (Wildman–Crippen MR) is 51.4 cm³/mol. The van der Waals surface area contributed by atoms with E-state index in [1.54, 1.807) is 0 Å². The first-order valence-corrected chi connectivity index (χ1v) is 4.82. The molecule has 0 aromatic rings. The minimum atomic E-state index is -0.412. The Bertz CT molecular complexity index is 152. The first-order chi connectivity index (χ1) is 6.04. The summed E-state index contributed by atoms with van der Waals surface area (Å²) in [5.41, 5.74) is -0.412. The second-order valence-corrected chi connectivity index (χ2v) is 3.85. The highest BCUT2D eigenvalue weighted by Gasteiger charge is 2.28. The first kappa shape index (κ1) is 12.4. The summed E-state index contributed by atoms with van der Waals surface area (Å²) in [5.74, 6) is -0.213. The molecule has 0 fully saturated rings. The number of rotatable bonds is 6. The van der Waals surface area contributed by atoms with Crippen molar-refractivity contribution in [2.24, 2.45) is 5.41 Å².